The van der Waals surface area contributed by atoms with E-state index in [1.807, 2.05) is 0 Å². The summed E-state index contributed by atoms with van der Waals surface area (Å²) in [7, 11) is 0. The quantitative estimate of drug-likeness (QED) is 0.382. The van der Waals surface area contributed by atoms with Gasteiger partial charge in [-0.25, -0.2) is 10.2 Å². The first kappa shape index (κ1) is 12.5. The Hall–Kier alpha value is -0.940. The molecule has 1 aromatic rings. The Bertz CT molecular complexity index is 428. The number of nitrogens with two attached hydrogens (primary N) is 1. The van der Waals surface area contributed by atoms with E-state index in [9.17, 15) is 4.39 Å². The maximum atomic E-state index is 13.7. The number of hydrogen-bond donors (Lipinski definition) is 2. The first-order chi connectivity index (χ1) is 8.20. The van der Waals surface area contributed by atoms with E-state index in [2.05, 4.69) is 26.3 Å². The van der Waals surface area contributed by atoms with Gasteiger partial charge in [-0.05, 0) is 31.0 Å². The first-order valence-corrected chi connectivity index (χ1v) is 6.50. The topological polar surface area (TPSA) is 50.4 Å². The van der Waals surface area contributed by atoms with Crippen molar-refractivity contribution in [3.63, 3.8) is 0 Å². The van der Waals surface area contributed by atoms with Crippen molar-refractivity contribution in [3.05, 3.63) is 34.1 Å². The molecule has 0 spiro atoms. The Morgan fingerprint density at radius 3 is 2.76 bits per heavy atom. The highest BCUT2D eigenvalue weighted by Crippen LogP contribution is 2.22. The Kier molecular flexibility index (Phi) is 4.12. The molecule has 0 bridgehead atoms. The predicted molar refractivity (Wildman–Crippen MR) is 70.2 cm³/mol. The number of aliphatic imine (C=N–C) groups is 1. The van der Waals surface area contributed by atoms with Gasteiger partial charge in [0.1, 0.15) is 11.7 Å². The number of nitrogens with zero attached hydrogens (tertiary/aromatic N) is 1. The van der Waals surface area contributed by atoms with E-state index in [1.165, 1.54) is 18.9 Å². The molecule has 0 amide bonds. The van der Waals surface area contributed by atoms with Crippen molar-refractivity contribution < 1.29 is 4.39 Å². The minimum Gasteiger partial charge on any atom is -0.308 e. The van der Waals surface area contributed by atoms with Gasteiger partial charge in [0.2, 0.25) is 0 Å². The van der Waals surface area contributed by atoms with Crippen LogP contribution >= 0.6 is 15.9 Å². The summed E-state index contributed by atoms with van der Waals surface area (Å²) in [4.78, 5) is 4.49. The molecule has 1 aliphatic rings. The molecule has 1 fully saturated rings. The van der Waals surface area contributed by atoms with Crippen LogP contribution in [0.5, 0.6) is 0 Å². The molecule has 0 saturated heterocycles. The van der Waals surface area contributed by atoms with Gasteiger partial charge in [0.25, 0.3) is 0 Å². The maximum Gasteiger partial charge on any atom is 0.145 e. The average molecular weight is 300 g/mol. The van der Waals surface area contributed by atoms with Gasteiger partial charge in [0.05, 0.1) is 11.6 Å². The van der Waals surface area contributed by atoms with Gasteiger partial charge >= 0.3 is 0 Å². The summed E-state index contributed by atoms with van der Waals surface area (Å²) in [6.45, 7) is 0. The van der Waals surface area contributed by atoms with E-state index < -0.39 is 0 Å². The summed E-state index contributed by atoms with van der Waals surface area (Å²) in [6, 6.07) is 5.01. The Labute approximate surface area is 108 Å². The number of hydrazine groups is 1. The van der Waals surface area contributed by atoms with Gasteiger partial charge < -0.3 is 5.43 Å². The number of hydrogen-bond acceptors (Lipinski definition) is 2. The second kappa shape index (κ2) is 5.60. The van der Waals surface area contributed by atoms with Crippen LogP contribution < -0.4 is 11.3 Å². The van der Waals surface area contributed by atoms with Crippen molar-refractivity contribution in [1.82, 2.24) is 5.43 Å². The Morgan fingerprint density at radius 1 is 1.41 bits per heavy atom. The third kappa shape index (κ3) is 3.04. The van der Waals surface area contributed by atoms with E-state index in [0.29, 0.717) is 11.4 Å². The lowest BCUT2D eigenvalue weighted by atomic mass is 10.2. The zero-order valence-corrected chi connectivity index (χ0v) is 11.0. The predicted octanol–water partition coefficient (Wildman–Crippen LogP) is 2.74. The molecule has 2 rings (SSSR count). The normalized spacial score (nSPS) is 17.5. The van der Waals surface area contributed by atoms with Crippen molar-refractivity contribution in [2.75, 3.05) is 0 Å². The highest BCUT2D eigenvalue weighted by Gasteiger charge is 2.16. The minimum atomic E-state index is -0.317. The van der Waals surface area contributed by atoms with E-state index in [1.54, 1.807) is 12.1 Å². The molecule has 92 valence electrons. The molecule has 0 unspecified atom stereocenters. The zero-order valence-electron chi connectivity index (χ0n) is 9.42. The highest BCUT2D eigenvalue weighted by atomic mass is 79.9. The summed E-state index contributed by atoms with van der Waals surface area (Å²) in [5, 5.41) is 0. The fraction of sp³-hybridized carbons (Fsp3) is 0.417. The van der Waals surface area contributed by atoms with Crippen molar-refractivity contribution in [1.29, 1.82) is 0 Å². The van der Waals surface area contributed by atoms with Crippen LogP contribution in [0.25, 0.3) is 0 Å². The smallest absolute Gasteiger partial charge is 0.145 e. The van der Waals surface area contributed by atoms with Crippen LogP contribution in [0, 0.1) is 5.82 Å². The second-order valence-corrected chi connectivity index (χ2v) is 5.10. The molecule has 3 nitrogen and oxygen atoms in total. The number of amidine groups is 1. The lowest BCUT2D eigenvalue weighted by Crippen LogP contribution is -2.33. The van der Waals surface area contributed by atoms with Gasteiger partial charge in [-0.3, -0.25) is 4.99 Å². The van der Waals surface area contributed by atoms with Gasteiger partial charge in [-0.1, -0.05) is 28.8 Å². The molecule has 0 radical (unpaired) electrons. The van der Waals surface area contributed by atoms with E-state index >= 15 is 0 Å². The van der Waals surface area contributed by atoms with Crippen molar-refractivity contribution in [3.8, 4) is 0 Å². The molecule has 0 heterocycles. The minimum absolute atomic E-state index is 0.263. The van der Waals surface area contributed by atoms with Crippen molar-refractivity contribution in [2.45, 2.75) is 31.7 Å². The molecular weight excluding hydrogens is 285 g/mol. The molecule has 1 aliphatic carbocycles. The fourth-order valence-corrected chi connectivity index (χ4v) is 2.44. The summed E-state index contributed by atoms with van der Waals surface area (Å²) < 4.78 is 14.5. The molecule has 17 heavy (non-hydrogen) atoms. The van der Waals surface area contributed by atoms with E-state index in [0.717, 1.165) is 17.3 Å². The molecule has 1 aromatic carbocycles. The fourth-order valence-electron chi connectivity index (χ4n) is 2.08. The van der Waals surface area contributed by atoms with Gasteiger partial charge in [-0.2, -0.15) is 0 Å². The van der Waals surface area contributed by atoms with Crippen LogP contribution in [0.2, 0.25) is 0 Å². The molecular formula is C12H15BrFN3. The SMILES string of the molecule is NNC(=NC1CCCC1)c1cc(Br)ccc1F. The summed E-state index contributed by atoms with van der Waals surface area (Å²) in [5.41, 5.74) is 2.91. The number of nitrogens with one attached hydrogen (secondary N) is 1. The molecule has 1 saturated carbocycles. The molecule has 5 heteroatoms. The monoisotopic (exact) mass is 299 g/mol. The third-order valence-electron chi connectivity index (χ3n) is 2.96. The number of rotatable bonds is 2. The van der Waals surface area contributed by atoms with Crippen LogP contribution in [0.15, 0.2) is 27.7 Å². The van der Waals surface area contributed by atoms with Crippen LogP contribution in [-0.4, -0.2) is 11.9 Å². The van der Waals surface area contributed by atoms with Crippen molar-refractivity contribution in [2.24, 2.45) is 10.8 Å². The van der Waals surface area contributed by atoms with Crippen LogP contribution in [-0.2, 0) is 0 Å². The third-order valence-corrected chi connectivity index (χ3v) is 3.45. The van der Waals surface area contributed by atoms with Crippen LogP contribution in [0.3, 0.4) is 0 Å². The van der Waals surface area contributed by atoms with E-state index in [-0.39, 0.29) is 11.9 Å². The van der Waals surface area contributed by atoms with E-state index in [4.69, 9.17) is 5.84 Å². The number of benzene rings is 1. The average Bonchev–Trinajstić information content (AvgIpc) is 2.82. The molecule has 0 atom stereocenters. The Morgan fingerprint density at radius 2 is 2.12 bits per heavy atom. The lowest BCUT2D eigenvalue weighted by molar-refractivity contribution is 0.622. The standard InChI is InChI=1S/C12H15BrFN3/c13-8-5-6-11(14)10(7-8)12(17-15)16-9-3-1-2-4-9/h5-7,9H,1-4,15H2,(H,16,17). The second-order valence-electron chi connectivity index (χ2n) is 4.18. The summed E-state index contributed by atoms with van der Waals surface area (Å²) >= 11 is 3.32. The van der Waals surface area contributed by atoms with Crippen LogP contribution in [0.1, 0.15) is 31.2 Å². The zero-order chi connectivity index (χ0) is 12.3. The maximum absolute atomic E-state index is 13.7. The largest absolute Gasteiger partial charge is 0.308 e. The van der Waals surface area contributed by atoms with Gasteiger partial charge in [0.15, 0.2) is 0 Å². The first-order valence-electron chi connectivity index (χ1n) is 5.70. The summed E-state index contributed by atoms with van der Waals surface area (Å²) in [6.07, 6.45) is 4.49. The van der Waals surface area contributed by atoms with Crippen molar-refractivity contribution >= 4 is 21.8 Å². The van der Waals surface area contributed by atoms with Crippen LogP contribution in [0.4, 0.5) is 4.39 Å². The molecule has 3 N–H and O–H groups in total. The van der Waals surface area contributed by atoms with Gasteiger partial charge in [-0.15, -0.1) is 0 Å². The summed E-state index contributed by atoms with van der Waals surface area (Å²) in [5.74, 6) is 5.55. The van der Waals surface area contributed by atoms with Gasteiger partial charge in [0, 0.05) is 4.47 Å². The Balaban J connectivity index is 2.30. The molecule has 0 aromatic heterocycles. The lowest BCUT2D eigenvalue weighted by Gasteiger charge is -2.10. The number of halogens is 2. The molecule has 0 aliphatic heterocycles. The highest BCUT2D eigenvalue weighted by molar-refractivity contribution is 9.10.